The van der Waals surface area contributed by atoms with E-state index >= 15 is 0 Å². The molecule has 0 bridgehead atoms. The van der Waals surface area contributed by atoms with Gasteiger partial charge in [-0.05, 0) is 62.4 Å². The third kappa shape index (κ3) is 4.84. The van der Waals surface area contributed by atoms with Crippen molar-refractivity contribution in [3.63, 3.8) is 0 Å². The number of amides is 2. The van der Waals surface area contributed by atoms with Crippen LogP contribution < -0.4 is 15.4 Å². The molecule has 7 heteroatoms. The van der Waals surface area contributed by atoms with Gasteiger partial charge in [-0.1, -0.05) is 12.1 Å². The first-order chi connectivity index (χ1) is 15.5. The molecule has 1 aromatic heterocycles. The lowest BCUT2D eigenvalue weighted by molar-refractivity contribution is -0.118. The lowest BCUT2D eigenvalue weighted by Crippen LogP contribution is -2.41. The first-order valence-electron chi connectivity index (χ1n) is 10.9. The number of anilines is 2. The topological polar surface area (TPSA) is 75.6 Å². The van der Waals surface area contributed by atoms with Crippen LogP contribution in [0.15, 0.2) is 66.9 Å². The predicted molar refractivity (Wildman–Crippen MR) is 125 cm³/mol. The van der Waals surface area contributed by atoms with Crippen molar-refractivity contribution in [3.8, 4) is 5.75 Å². The van der Waals surface area contributed by atoms with Gasteiger partial charge >= 0.3 is 0 Å². The average Bonchev–Trinajstić information content (AvgIpc) is 3.27. The van der Waals surface area contributed by atoms with E-state index in [9.17, 15) is 9.59 Å². The molecule has 2 N–H and O–H groups in total. The monoisotopic (exact) mass is 432 g/mol. The molecule has 0 saturated carbocycles. The Hall–Kier alpha value is -3.58. The fourth-order valence-corrected chi connectivity index (χ4v) is 4.01. The zero-order valence-corrected chi connectivity index (χ0v) is 18.4. The molecular weight excluding hydrogens is 404 g/mol. The number of rotatable bonds is 7. The van der Waals surface area contributed by atoms with Gasteiger partial charge in [-0.25, -0.2) is 0 Å². The van der Waals surface area contributed by atoms with Crippen LogP contribution in [0.4, 0.5) is 11.4 Å². The summed E-state index contributed by atoms with van der Waals surface area (Å²) in [6, 6.07) is 18.5. The molecule has 2 aromatic carbocycles. The average molecular weight is 433 g/mol. The number of ether oxygens (including phenoxy) is 1. The maximum Gasteiger partial charge on any atom is 0.257 e. The van der Waals surface area contributed by atoms with Crippen molar-refractivity contribution >= 4 is 23.2 Å². The Morgan fingerprint density at radius 3 is 2.56 bits per heavy atom. The van der Waals surface area contributed by atoms with E-state index in [4.69, 9.17) is 4.74 Å². The van der Waals surface area contributed by atoms with Crippen molar-refractivity contribution in [3.05, 3.63) is 78.1 Å². The summed E-state index contributed by atoms with van der Waals surface area (Å²) in [7, 11) is 0. The molecule has 0 unspecified atom stereocenters. The Morgan fingerprint density at radius 1 is 1.00 bits per heavy atom. The molecule has 1 aliphatic heterocycles. The summed E-state index contributed by atoms with van der Waals surface area (Å²) in [6.45, 7) is 6.54. The van der Waals surface area contributed by atoms with E-state index in [2.05, 4.69) is 39.3 Å². The molecule has 2 amide bonds. The number of carbonyl (C=O) groups excluding carboxylic acids is 2. The van der Waals surface area contributed by atoms with E-state index < -0.39 is 0 Å². The Bertz CT molecular complexity index is 1090. The number of benzene rings is 2. The van der Waals surface area contributed by atoms with Crippen LogP contribution in [0.5, 0.6) is 5.75 Å². The number of nitrogens with one attached hydrogen (secondary N) is 2. The Labute approximate surface area is 188 Å². The third-order valence-electron chi connectivity index (χ3n) is 5.68. The number of hydrogen-bond donors (Lipinski definition) is 2. The second-order valence-electron chi connectivity index (χ2n) is 7.78. The van der Waals surface area contributed by atoms with Crippen LogP contribution in [0.25, 0.3) is 0 Å². The lowest BCUT2D eigenvalue weighted by atomic mass is 10.1. The van der Waals surface area contributed by atoms with Gasteiger partial charge in [0.15, 0.2) is 0 Å². The Kier molecular flexibility index (Phi) is 6.56. The Balaban J connectivity index is 1.40. The molecule has 1 aliphatic rings. The quantitative estimate of drug-likeness (QED) is 0.588. The summed E-state index contributed by atoms with van der Waals surface area (Å²) in [5, 5.41) is 5.80. The standard InChI is InChI=1S/C25H28N4O3/c1-3-32-20-12-10-19(11-13-20)26-25(31)21-7-4-5-8-22(21)27-24(30)17-29-16-15-28-14-6-9-23(28)18(29)2/h4-14,18H,3,15-17H2,1-2H3,(H,26,31)(H,27,30)/t18-/m1/s1. The van der Waals surface area contributed by atoms with Crippen LogP contribution in [-0.4, -0.2) is 41.0 Å². The van der Waals surface area contributed by atoms with Crippen LogP contribution in [-0.2, 0) is 11.3 Å². The molecule has 166 valence electrons. The molecule has 1 atom stereocenters. The number of para-hydroxylation sites is 1. The fraction of sp³-hybridized carbons (Fsp3) is 0.280. The van der Waals surface area contributed by atoms with Gasteiger partial charge in [-0.2, -0.15) is 0 Å². The predicted octanol–water partition coefficient (Wildman–Crippen LogP) is 4.15. The summed E-state index contributed by atoms with van der Waals surface area (Å²) in [5.41, 5.74) is 2.77. The second-order valence-corrected chi connectivity index (χ2v) is 7.78. The van der Waals surface area contributed by atoms with Crippen LogP contribution >= 0.6 is 0 Å². The summed E-state index contributed by atoms with van der Waals surface area (Å²) in [4.78, 5) is 27.8. The van der Waals surface area contributed by atoms with Gasteiger partial charge in [0.25, 0.3) is 5.91 Å². The minimum atomic E-state index is -0.283. The highest BCUT2D eigenvalue weighted by Gasteiger charge is 2.25. The summed E-state index contributed by atoms with van der Waals surface area (Å²) in [5.74, 6) is 0.324. The fourth-order valence-electron chi connectivity index (χ4n) is 4.01. The van der Waals surface area contributed by atoms with Gasteiger partial charge in [-0.3, -0.25) is 14.5 Å². The minimum Gasteiger partial charge on any atom is -0.494 e. The van der Waals surface area contributed by atoms with Gasteiger partial charge < -0.3 is 19.9 Å². The first kappa shape index (κ1) is 21.6. The highest BCUT2D eigenvalue weighted by atomic mass is 16.5. The van der Waals surface area contributed by atoms with Crippen LogP contribution in [0.1, 0.15) is 35.9 Å². The molecule has 0 aliphatic carbocycles. The van der Waals surface area contributed by atoms with Gasteiger partial charge in [-0.15, -0.1) is 0 Å². The van der Waals surface area contributed by atoms with Crippen molar-refractivity contribution in [2.75, 3.05) is 30.3 Å². The second kappa shape index (κ2) is 9.70. The summed E-state index contributed by atoms with van der Waals surface area (Å²) >= 11 is 0. The SMILES string of the molecule is CCOc1ccc(NC(=O)c2ccccc2NC(=O)CN2CCn3cccc3[C@H]2C)cc1. The molecule has 0 saturated heterocycles. The van der Waals surface area contributed by atoms with E-state index in [1.54, 1.807) is 36.4 Å². The highest BCUT2D eigenvalue weighted by Crippen LogP contribution is 2.25. The summed E-state index contributed by atoms with van der Waals surface area (Å²) in [6.07, 6.45) is 2.07. The number of carbonyl (C=O) groups is 2. The van der Waals surface area contributed by atoms with Gasteiger partial charge in [0, 0.05) is 36.7 Å². The maximum atomic E-state index is 12.9. The molecular formula is C25H28N4O3. The normalized spacial score (nSPS) is 15.6. The van der Waals surface area contributed by atoms with Crippen molar-refractivity contribution in [1.29, 1.82) is 0 Å². The molecule has 4 rings (SSSR count). The first-order valence-corrected chi connectivity index (χ1v) is 10.9. The molecule has 2 heterocycles. The molecule has 3 aromatic rings. The maximum absolute atomic E-state index is 12.9. The van der Waals surface area contributed by atoms with E-state index in [0.29, 0.717) is 23.5 Å². The van der Waals surface area contributed by atoms with E-state index in [1.165, 1.54) is 5.69 Å². The number of nitrogens with zero attached hydrogens (tertiary/aromatic N) is 2. The van der Waals surface area contributed by atoms with E-state index in [-0.39, 0.29) is 24.4 Å². The van der Waals surface area contributed by atoms with Crippen LogP contribution in [0.2, 0.25) is 0 Å². The molecule has 0 radical (unpaired) electrons. The highest BCUT2D eigenvalue weighted by molar-refractivity contribution is 6.10. The summed E-state index contributed by atoms with van der Waals surface area (Å²) < 4.78 is 7.65. The van der Waals surface area contributed by atoms with Gasteiger partial charge in [0.05, 0.1) is 24.4 Å². The third-order valence-corrected chi connectivity index (χ3v) is 5.68. The van der Waals surface area contributed by atoms with Crippen molar-refractivity contribution < 1.29 is 14.3 Å². The van der Waals surface area contributed by atoms with Crippen molar-refractivity contribution in [1.82, 2.24) is 9.47 Å². The zero-order valence-electron chi connectivity index (χ0n) is 18.4. The largest absolute Gasteiger partial charge is 0.494 e. The Morgan fingerprint density at radius 2 is 1.78 bits per heavy atom. The zero-order chi connectivity index (χ0) is 22.5. The lowest BCUT2D eigenvalue weighted by Gasteiger charge is -2.34. The minimum absolute atomic E-state index is 0.141. The molecule has 0 fully saturated rings. The van der Waals surface area contributed by atoms with Crippen LogP contribution in [0, 0.1) is 0 Å². The van der Waals surface area contributed by atoms with Gasteiger partial charge in [0.1, 0.15) is 5.75 Å². The van der Waals surface area contributed by atoms with Gasteiger partial charge in [0.2, 0.25) is 5.91 Å². The molecule has 0 spiro atoms. The number of aromatic nitrogens is 1. The molecule has 7 nitrogen and oxygen atoms in total. The van der Waals surface area contributed by atoms with E-state index in [0.717, 1.165) is 18.8 Å². The molecule has 32 heavy (non-hydrogen) atoms. The number of hydrogen-bond acceptors (Lipinski definition) is 4. The van der Waals surface area contributed by atoms with Crippen LogP contribution in [0.3, 0.4) is 0 Å². The van der Waals surface area contributed by atoms with Crippen molar-refractivity contribution in [2.45, 2.75) is 26.4 Å². The van der Waals surface area contributed by atoms with Crippen molar-refractivity contribution in [2.24, 2.45) is 0 Å². The smallest absolute Gasteiger partial charge is 0.257 e. The number of fused-ring (bicyclic) bond motifs is 1. The van der Waals surface area contributed by atoms with E-state index in [1.807, 2.05) is 25.1 Å².